The summed E-state index contributed by atoms with van der Waals surface area (Å²) >= 11 is 1.40. The summed E-state index contributed by atoms with van der Waals surface area (Å²) < 4.78 is 4.95. The molecular weight excluding hydrogens is 324 g/mol. The number of hydrogen-bond acceptors (Lipinski definition) is 5. The Morgan fingerprint density at radius 3 is 2.96 bits per heavy atom. The van der Waals surface area contributed by atoms with Crippen LogP contribution in [0.1, 0.15) is 19.4 Å². The Balaban J connectivity index is 1.69. The molecule has 0 aromatic heterocycles. The number of rotatable bonds is 5. The van der Waals surface area contributed by atoms with E-state index in [1.165, 1.54) is 29.1 Å². The van der Waals surface area contributed by atoms with E-state index in [2.05, 4.69) is 30.0 Å². The van der Waals surface area contributed by atoms with Crippen molar-refractivity contribution in [1.29, 1.82) is 0 Å². The van der Waals surface area contributed by atoms with E-state index in [4.69, 9.17) is 4.74 Å². The molecule has 2 aliphatic heterocycles. The molecule has 1 aromatic carbocycles. The topological polar surface area (TPSA) is 49.9 Å². The van der Waals surface area contributed by atoms with Gasteiger partial charge in [0.05, 0.1) is 23.5 Å². The van der Waals surface area contributed by atoms with Gasteiger partial charge in [0, 0.05) is 24.8 Å². The zero-order chi connectivity index (χ0) is 17.1. The molecule has 1 fully saturated rings. The third-order valence-electron chi connectivity index (χ3n) is 4.35. The molecule has 2 aliphatic rings. The van der Waals surface area contributed by atoms with Gasteiger partial charge in [0.15, 0.2) is 0 Å². The second-order valence-electron chi connectivity index (χ2n) is 5.94. The number of ether oxygens (including phenoxy) is 1. The number of nitrogens with zero attached hydrogens (tertiary/aromatic N) is 2. The number of fused-ring (bicyclic) bond motifs is 1. The molecule has 5 nitrogen and oxygen atoms in total. The number of anilines is 1. The van der Waals surface area contributed by atoms with Crippen LogP contribution in [0.5, 0.6) is 0 Å². The van der Waals surface area contributed by atoms with Crippen LogP contribution in [0.25, 0.3) is 0 Å². The van der Waals surface area contributed by atoms with Crippen LogP contribution >= 0.6 is 11.8 Å². The van der Waals surface area contributed by atoms with E-state index >= 15 is 0 Å². The maximum Gasteiger partial charge on any atom is 0.333 e. The van der Waals surface area contributed by atoms with E-state index in [9.17, 15) is 9.59 Å². The summed E-state index contributed by atoms with van der Waals surface area (Å²) in [6.45, 7) is 5.65. The first-order chi connectivity index (χ1) is 11.6. The van der Waals surface area contributed by atoms with Gasteiger partial charge in [0.2, 0.25) is 5.91 Å². The monoisotopic (exact) mass is 346 g/mol. The minimum atomic E-state index is -0.389. The summed E-state index contributed by atoms with van der Waals surface area (Å²) in [6.07, 6.45) is 2.46. The SMILES string of the molecule is CCOC(=O)/C=C1\SCC(=O)N1CCN1c2ccccc2C[C@@H]1C. The minimum Gasteiger partial charge on any atom is -0.463 e. The van der Waals surface area contributed by atoms with Gasteiger partial charge in [0.1, 0.15) is 0 Å². The van der Waals surface area contributed by atoms with Gasteiger partial charge < -0.3 is 14.5 Å². The van der Waals surface area contributed by atoms with Gasteiger partial charge >= 0.3 is 5.97 Å². The molecule has 0 spiro atoms. The standard InChI is InChI=1S/C18H22N2O3S/c1-3-23-18(22)11-17-20(16(21)12-24-17)9-8-19-13(2)10-14-6-4-5-7-15(14)19/h4-7,11,13H,3,8-10,12H2,1-2H3/b17-11-/t13-/m0/s1. The van der Waals surface area contributed by atoms with Crippen LogP contribution in [-0.2, 0) is 20.7 Å². The first-order valence-electron chi connectivity index (χ1n) is 8.26. The fourth-order valence-corrected chi connectivity index (χ4v) is 4.19. The first kappa shape index (κ1) is 16.9. The predicted molar refractivity (Wildman–Crippen MR) is 95.8 cm³/mol. The van der Waals surface area contributed by atoms with Crippen molar-refractivity contribution in [3.8, 4) is 0 Å². The highest BCUT2D eigenvalue weighted by Gasteiger charge is 2.30. The largest absolute Gasteiger partial charge is 0.463 e. The second kappa shape index (κ2) is 7.30. The number of benzene rings is 1. The van der Waals surface area contributed by atoms with Crippen molar-refractivity contribution >= 4 is 29.3 Å². The summed E-state index contributed by atoms with van der Waals surface area (Å²) in [7, 11) is 0. The highest BCUT2D eigenvalue weighted by molar-refractivity contribution is 8.04. The summed E-state index contributed by atoms with van der Waals surface area (Å²) in [6, 6.07) is 8.83. The van der Waals surface area contributed by atoms with Crippen molar-refractivity contribution in [2.45, 2.75) is 26.3 Å². The number of amides is 1. The molecule has 1 aromatic rings. The number of thioether (sulfide) groups is 1. The van der Waals surface area contributed by atoms with Crippen LogP contribution in [-0.4, -0.2) is 48.3 Å². The fourth-order valence-electron chi connectivity index (χ4n) is 3.23. The molecule has 3 rings (SSSR count). The van der Waals surface area contributed by atoms with E-state index in [-0.39, 0.29) is 11.9 Å². The molecular formula is C18H22N2O3S. The highest BCUT2D eigenvalue weighted by atomic mass is 32.2. The van der Waals surface area contributed by atoms with Gasteiger partial charge in [-0.25, -0.2) is 4.79 Å². The summed E-state index contributed by atoms with van der Waals surface area (Å²) in [5, 5.41) is 0.693. The van der Waals surface area contributed by atoms with E-state index in [0.717, 1.165) is 13.0 Å². The van der Waals surface area contributed by atoms with Gasteiger partial charge in [-0.2, -0.15) is 0 Å². The van der Waals surface area contributed by atoms with Crippen LogP contribution in [0.2, 0.25) is 0 Å². The van der Waals surface area contributed by atoms with Crippen molar-refractivity contribution in [2.24, 2.45) is 0 Å². The first-order valence-corrected chi connectivity index (χ1v) is 9.25. The normalized spacial score (nSPS) is 21.5. The summed E-state index contributed by atoms with van der Waals surface area (Å²) in [5.74, 6) is 0.0486. The molecule has 1 atom stereocenters. The predicted octanol–water partition coefficient (Wildman–Crippen LogP) is 2.42. The van der Waals surface area contributed by atoms with E-state index in [1.54, 1.807) is 11.8 Å². The zero-order valence-corrected chi connectivity index (χ0v) is 14.8. The lowest BCUT2D eigenvalue weighted by molar-refractivity contribution is -0.137. The average Bonchev–Trinajstić information content (AvgIpc) is 3.05. The van der Waals surface area contributed by atoms with Crippen LogP contribution in [0.15, 0.2) is 35.4 Å². The Kier molecular flexibility index (Phi) is 5.14. The maximum absolute atomic E-state index is 12.1. The Morgan fingerprint density at radius 2 is 2.17 bits per heavy atom. The number of esters is 1. The van der Waals surface area contributed by atoms with Gasteiger partial charge in [0.25, 0.3) is 0 Å². The molecule has 0 saturated carbocycles. The molecule has 0 aliphatic carbocycles. The maximum atomic E-state index is 12.1. The van der Waals surface area contributed by atoms with E-state index in [0.29, 0.717) is 30.0 Å². The lowest BCUT2D eigenvalue weighted by atomic mass is 10.1. The molecule has 1 amide bonds. The Labute approximate surface area is 146 Å². The van der Waals surface area contributed by atoms with Gasteiger partial charge in [-0.15, -0.1) is 0 Å². The van der Waals surface area contributed by atoms with Gasteiger partial charge in [-0.05, 0) is 31.9 Å². The van der Waals surface area contributed by atoms with Crippen molar-refractivity contribution in [3.63, 3.8) is 0 Å². The molecule has 0 N–H and O–H groups in total. The van der Waals surface area contributed by atoms with Crippen molar-refractivity contribution in [2.75, 3.05) is 30.3 Å². The van der Waals surface area contributed by atoms with Crippen molar-refractivity contribution in [1.82, 2.24) is 4.90 Å². The summed E-state index contributed by atoms with van der Waals surface area (Å²) in [5.41, 5.74) is 2.61. The van der Waals surface area contributed by atoms with Gasteiger partial charge in [-0.3, -0.25) is 4.79 Å². The third kappa shape index (κ3) is 3.43. The quantitative estimate of drug-likeness (QED) is 0.605. The molecule has 6 heteroatoms. The summed E-state index contributed by atoms with van der Waals surface area (Å²) in [4.78, 5) is 27.9. The molecule has 0 unspecified atom stereocenters. The number of hydrogen-bond donors (Lipinski definition) is 0. The number of para-hydroxylation sites is 1. The average molecular weight is 346 g/mol. The fraction of sp³-hybridized carbons (Fsp3) is 0.444. The van der Waals surface area contributed by atoms with Crippen LogP contribution in [0.4, 0.5) is 5.69 Å². The number of carbonyl (C=O) groups excluding carboxylic acids is 2. The lowest BCUT2D eigenvalue weighted by Crippen LogP contribution is -2.38. The van der Waals surface area contributed by atoms with Crippen molar-refractivity contribution in [3.05, 3.63) is 40.9 Å². The van der Waals surface area contributed by atoms with Crippen LogP contribution in [0, 0.1) is 0 Å². The molecule has 24 heavy (non-hydrogen) atoms. The molecule has 0 radical (unpaired) electrons. The molecule has 2 heterocycles. The van der Waals surface area contributed by atoms with Crippen LogP contribution < -0.4 is 4.90 Å². The number of carbonyl (C=O) groups is 2. The Hall–Kier alpha value is -1.95. The van der Waals surface area contributed by atoms with E-state index < -0.39 is 0 Å². The van der Waals surface area contributed by atoms with Crippen molar-refractivity contribution < 1.29 is 14.3 Å². The third-order valence-corrected chi connectivity index (χ3v) is 5.38. The second-order valence-corrected chi connectivity index (χ2v) is 6.94. The zero-order valence-electron chi connectivity index (χ0n) is 14.0. The van der Waals surface area contributed by atoms with E-state index in [1.807, 2.05) is 6.07 Å². The highest BCUT2D eigenvalue weighted by Crippen LogP contribution is 2.33. The Bertz CT molecular complexity index is 674. The minimum absolute atomic E-state index is 0.0516. The smallest absolute Gasteiger partial charge is 0.333 e. The molecule has 0 bridgehead atoms. The molecule has 1 saturated heterocycles. The lowest BCUT2D eigenvalue weighted by Gasteiger charge is -2.27. The van der Waals surface area contributed by atoms with Crippen LogP contribution in [0.3, 0.4) is 0 Å². The van der Waals surface area contributed by atoms with Gasteiger partial charge in [-0.1, -0.05) is 30.0 Å². The molecule has 128 valence electrons. The Morgan fingerprint density at radius 1 is 1.38 bits per heavy atom.